The highest BCUT2D eigenvalue weighted by atomic mass is 79.9. The number of ether oxygens (including phenoxy) is 2. The van der Waals surface area contributed by atoms with E-state index in [2.05, 4.69) is 37.3 Å². The van der Waals surface area contributed by atoms with Crippen LogP contribution in [-0.4, -0.2) is 23.1 Å². The molecule has 0 aliphatic carbocycles. The summed E-state index contributed by atoms with van der Waals surface area (Å²) in [6, 6.07) is 17.5. The molecule has 34 heavy (non-hydrogen) atoms. The molecule has 2 N–H and O–H groups in total. The molecular formula is C26H26BrCl2N3O2. The Bertz CT molecular complexity index is 1230. The molecule has 5 nitrogen and oxygen atoms in total. The first-order valence-corrected chi connectivity index (χ1v) is 12.7. The normalized spacial score (nSPS) is 11.2. The van der Waals surface area contributed by atoms with Gasteiger partial charge < -0.3 is 19.8 Å². The molecule has 0 radical (unpaired) electrons. The number of nitrogens with zero attached hydrogens (tertiary/aromatic N) is 1. The van der Waals surface area contributed by atoms with E-state index in [1.54, 1.807) is 6.07 Å². The van der Waals surface area contributed by atoms with Crippen molar-refractivity contribution >= 4 is 50.2 Å². The van der Waals surface area contributed by atoms with Gasteiger partial charge >= 0.3 is 0 Å². The summed E-state index contributed by atoms with van der Waals surface area (Å²) < 4.78 is 12.8. The minimum Gasteiger partial charge on any atom is -0.490 e. The van der Waals surface area contributed by atoms with Gasteiger partial charge in [-0.25, -0.2) is 4.98 Å². The molecule has 3 aromatic carbocycles. The van der Waals surface area contributed by atoms with Crippen molar-refractivity contribution in [3.63, 3.8) is 0 Å². The topological polar surface area (TPSA) is 59.2 Å². The third-order valence-corrected chi connectivity index (χ3v) is 6.79. The standard InChI is InChI=1S/C26H26BrCl2N3O2/c1-2-33-24-13-18(15-30-11-5-8-26-31-22-6-3-4-7-23(22)32-26)19(27)14-25(24)34-16-17-9-10-20(28)21(29)12-17/h3-4,6-7,9-10,12-14,30H,2,5,8,11,15-16H2,1H3,(H,31,32). The summed E-state index contributed by atoms with van der Waals surface area (Å²) in [6.07, 6.45) is 1.88. The lowest BCUT2D eigenvalue weighted by Gasteiger charge is -2.16. The van der Waals surface area contributed by atoms with Gasteiger partial charge in [-0.15, -0.1) is 0 Å². The molecule has 8 heteroatoms. The maximum absolute atomic E-state index is 6.11. The van der Waals surface area contributed by atoms with E-state index in [1.807, 2.05) is 49.4 Å². The van der Waals surface area contributed by atoms with Gasteiger partial charge in [0.1, 0.15) is 12.4 Å². The molecule has 178 valence electrons. The van der Waals surface area contributed by atoms with Gasteiger partial charge in [0.15, 0.2) is 11.5 Å². The van der Waals surface area contributed by atoms with Crippen LogP contribution in [0.3, 0.4) is 0 Å². The molecule has 4 rings (SSSR count). The van der Waals surface area contributed by atoms with Crippen molar-refractivity contribution in [2.75, 3.05) is 13.2 Å². The number of hydrogen-bond acceptors (Lipinski definition) is 4. The van der Waals surface area contributed by atoms with Gasteiger partial charge in [0.05, 0.1) is 27.7 Å². The minimum absolute atomic E-state index is 0.364. The Morgan fingerprint density at radius 2 is 1.82 bits per heavy atom. The van der Waals surface area contributed by atoms with Crippen LogP contribution in [0.2, 0.25) is 10.0 Å². The molecular weight excluding hydrogens is 537 g/mol. The first-order valence-electron chi connectivity index (χ1n) is 11.2. The molecule has 0 atom stereocenters. The minimum atomic E-state index is 0.364. The summed E-state index contributed by atoms with van der Waals surface area (Å²) in [6.45, 7) is 4.47. The monoisotopic (exact) mass is 561 g/mol. The van der Waals surface area contributed by atoms with Crippen LogP contribution in [-0.2, 0) is 19.6 Å². The SMILES string of the molecule is CCOc1cc(CNCCCc2nc3ccccc3[nH]2)c(Br)cc1OCc1ccc(Cl)c(Cl)c1. The zero-order chi connectivity index (χ0) is 23.9. The largest absolute Gasteiger partial charge is 0.490 e. The van der Waals surface area contributed by atoms with E-state index in [0.717, 1.165) is 51.8 Å². The van der Waals surface area contributed by atoms with Crippen LogP contribution >= 0.6 is 39.1 Å². The summed E-state index contributed by atoms with van der Waals surface area (Å²) >= 11 is 15.8. The van der Waals surface area contributed by atoms with E-state index < -0.39 is 0 Å². The molecule has 0 unspecified atom stereocenters. The Hall–Kier alpha value is -2.25. The second-order valence-electron chi connectivity index (χ2n) is 7.84. The highest BCUT2D eigenvalue weighted by Crippen LogP contribution is 2.35. The highest BCUT2D eigenvalue weighted by molar-refractivity contribution is 9.10. The average Bonchev–Trinajstić information content (AvgIpc) is 3.24. The molecule has 0 saturated carbocycles. The van der Waals surface area contributed by atoms with E-state index in [9.17, 15) is 0 Å². The lowest BCUT2D eigenvalue weighted by atomic mass is 10.2. The maximum Gasteiger partial charge on any atom is 0.162 e. The van der Waals surface area contributed by atoms with E-state index in [-0.39, 0.29) is 0 Å². The number of rotatable bonds is 11. The zero-order valence-corrected chi connectivity index (χ0v) is 21.9. The van der Waals surface area contributed by atoms with Gasteiger partial charge in [-0.05, 0) is 67.4 Å². The number of imidazole rings is 1. The Balaban J connectivity index is 1.32. The Morgan fingerprint density at radius 1 is 1.00 bits per heavy atom. The summed E-state index contributed by atoms with van der Waals surface area (Å²) in [5.41, 5.74) is 4.14. The maximum atomic E-state index is 6.11. The fraction of sp³-hybridized carbons (Fsp3) is 0.269. The van der Waals surface area contributed by atoms with Crippen LogP contribution < -0.4 is 14.8 Å². The van der Waals surface area contributed by atoms with Crippen molar-refractivity contribution < 1.29 is 9.47 Å². The Labute approximate surface area is 217 Å². The molecule has 0 spiro atoms. The van der Waals surface area contributed by atoms with Gasteiger partial charge in [0.25, 0.3) is 0 Å². The molecule has 0 aliphatic rings. The second kappa shape index (κ2) is 11.9. The van der Waals surface area contributed by atoms with Crippen LogP contribution in [0.15, 0.2) is 59.1 Å². The number of para-hydroxylation sites is 2. The van der Waals surface area contributed by atoms with Crippen LogP contribution in [0.25, 0.3) is 11.0 Å². The van der Waals surface area contributed by atoms with Crippen molar-refractivity contribution in [1.82, 2.24) is 15.3 Å². The van der Waals surface area contributed by atoms with Crippen LogP contribution in [0.4, 0.5) is 0 Å². The van der Waals surface area contributed by atoms with Gasteiger partial charge in [0.2, 0.25) is 0 Å². The van der Waals surface area contributed by atoms with Crippen molar-refractivity contribution in [2.24, 2.45) is 0 Å². The van der Waals surface area contributed by atoms with Crippen molar-refractivity contribution in [3.05, 3.63) is 86.1 Å². The van der Waals surface area contributed by atoms with Gasteiger partial charge in [-0.1, -0.05) is 57.3 Å². The highest BCUT2D eigenvalue weighted by Gasteiger charge is 2.12. The van der Waals surface area contributed by atoms with E-state index in [0.29, 0.717) is 41.3 Å². The molecule has 0 fully saturated rings. The molecule has 0 bridgehead atoms. The fourth-order valence-electron chi connectivity index (χ4n) is 3.61. The summed E-state index contributed by atoms with van der Waals surface area (Å²) in [4.78, 5) is 8.02. The van der Waals surface area contributed by atoms with Crippen molar-refractivity contribution in [3.8, 4) is 11.5 Å². The number of aromatic amines is 1. The third kappa shape index (κ3) is 6.45. The fourth-order valence-corrected chi connectivity index (χ4v) is 4.40. The smallest absolute Gasteiger partial charge is 0.162 e. The molecule has 0 amide bonds. The summed E-state index contributed by atoms with van der Waals surface area (Å²) in [5, 5.41) is 4.54. The molecule has 1 aromatic heterocycles. The summed E-state index contributed by atoms with van der Waals surface area (Å²) in [5.74, 6) is 2.41. The first-order chi connectivity index (χ1) is 16.5. The Morgan fingerprint density at radius 3 is 2.62 bits per heavy atom. The number of halogens is 3. The summed E-state index contributed by atoms with van der Waals surface area (Å²) in [7, 11) is 0. The molecule has 1 heterocycles. The van der Waals surface area contributed by atoms with E-state index >= 15 is 0 Å². The Kier molecular flexibility index (Phi) is 8.73. The third-order valence-electron chi connectivity index (χ3n) is 5.31. The number of hydrogen-bond donors (Lipinski definition) is 2. The quantitative estimate of drug-likeness (QED) is 0.188. The first kappa shape index (κ1) is 24.9. The van der Waals surface area contributed by atoms with Crippen molar-refractivity contribution in [2.45, 2.75) is 32.9 Å². The predicted octanol–water partition coefficient (Wildman–Crippen LogP) is 7.33. The molecule has 0 aliphatic heterocycles. The van der Waals surface area contributed by atoms with Crippen LogP contribution in [0.1, 0.15) is 30.3 Å². The number of aryl methyl sites for hydroxylation is 1. The number of fused-ring (bicyclic) bond motifs is 1. The average molecular weight is 563 g/mol. The second-order valence-corrected chi connectivity index (χ2v) is 9.51. The van der Waals surface area contributed by atoms with Crippen molar-refractivity contribution in [1.29, 1.82) is 0 Å². The molecule has 4 aromatic rings. The van der Waals surface area contributed by atoms with E-state index in [4.69, 9.17) is 32.7 Å². The van der Waals surface area contributed by atoms with Gasteiger partial charge in [-0.2, -0.15) is 0 Å². The predicted molar refractivity (Wildman–Crippen MR) is 142 cm³/mol. The van der Waals surface area contributed by atoms with E-state index in [1.165, 1.54) is 0 Å². The zero-order valence-electron chi connectivity index (χ0n) is 18.8. The number of H-pyrrole nitrogens is 1. The van der Waals surface area contributed by atoms with Crippen LogP contribution in [0.5, 0.6) is 11.5 Å². The number of benzene rings is 3. The molecule has 0 saturated heterocycles. The lowest BCUT2D eigenvalue weighted by Crippen LogP contribution is -2.16. The number of aromatic nitrogens is 2. The van der Waals surface area contributed by atoms with Crippen LogP contribution in [0, 0.1) is 0 Å². The van der Waals surface area contributed by atoms with Gasteiger partial charge in [-0.3, -0.25) is 0 Å². The number of nitrogens with one attached hydrogen (secondary N) is 2. The van der Waals surface area contributed by atoms with Gasteiger partial charge in [0, 0.05) is 17.4 Å². The lowest BCUT2D eigenvalue weighted by molar-refractivity contribution is 0.269.